The highest BCUT2D eigenvalue weighted by Gasteiger charge is 2.24. The zero-order valence-corrected chi connectivity index (χ0v) is 22.9. The first-order chi connectivity index (χ1) is 19.0. The monoisotopic (exact) mass is 572 g/mol. The highest BCUT2D eigenvalue weighted by atomic mass is 32.2. The molecule has 4 aromatic rings. The van der Waals surface area contributed by atoms with Gasteiger partial charge in [-0.3, -0.25) is 9.35 Å². The maximum atomic E-state index is 14.4. The summed E-state index contributed by atoms with van der Waals surface area (Å²) < 4.78 is 56.3. The lowest BCUT2D eigenvalue weighted by Gasteiger charge is -2.33. The first-order valence-corrected chi connectivity index (χ1v) is 14.2. The number of benzene rings is 1. The average Bonchev–Trinajstić information content (AvgIpc) is 3.35. The number of nitrogens with zero attached hydrogens (tertiary/aromatic N) is 4. The molecule has 4 N–H and O–H groups in total. The molecular weight excluding hydrogens is 542 g/mol. The summed E-state index contributed by atoms with van der Waals surface area (Å²) in [5.74, 6) is -2.06. The third-order valence-electron chi connectivity index (χ3n) is 6.49. The maximum Gasteiger partial charge on any atom is 0.264 e. The van der Waals surface area contributed by atoms with Crippen LogP contribution in [0.2, 0.25) is 0 Å². The van der Waals surface area contributed by atoms with Crippen molar-refractivity contribution >= 4 is 38.4 Å². The first-order valence-electron chi connectivity index (χ1n) is 12.6. The molecule has 0 aliphatic carbocycles. The Labute approximate surface area is 230 Å². The number of piperazine rings is 1. The van der Waals surface area contributed by atoms with Crippen molar-refractivity contribution < 1.29 is 26.5 Å². The van der Waals surface area contributed by atoms with Gasteiger partial charge in [-0.15, -0.1) is 0 Å². The van der Waals surface area contributed by atoms with E-state index in [1.807, 2.05) is 12.1 Å². The van der Waals surface area contributed by atoms with Crippen molar-refractivity contribution in [3.63, 3.8) is 0 Å². The van der Waals surface area contributed by atoms with Crippen LogP contribution in [0, 0.1) is 11.6 Å². The zero-order valence-electron chi connectivity index (χ0n) is 22.1. The van der Waals surface area contributed by atoms with Crippen molar-refractivity contribution in [3.8, 4) is 11.1 Å². The van der Waals surface area contributed by atoms with E-state index in [4.69, 9.17) is 10.3 Å². The molecule has 1 aliphatic rings. The third kappa shape index (κ3) is 6.61. The van der Waals surface area contributed by atoms with Gasteiger partial charge in [-0.1, -0.05) is 6.92 Å². The number of carbonyl (C=O) groups excluding carboxylic acids is 1. The molecule has 40 heavy (non-hydrogen) atoms. The lowest BCUT2D eigenvalue weighted by molar-refractivity contribution is 0.103. The van der Waals surface area contributed by atoms with Gasteiger partial charge >= 0.3 is 0 Å². The van der Waals surface area contributed by atoms with Crippen molar-refractivity contribution in [2.45, 2.75) is 13.3 Å². The molecule has 0 bridgehead atoms. The van der Waals surface area contributed by atoms with Gasteiger partial charge in [-0.05, 0) is 43.8 Å². The van der Waals surface area contributed by atoms with E-state index < -0.39 is 33.1 Å². The van der Waals surface area contributed by atoms with Crippen LogP contribution in [0.25, 0.3) is 22.2 Å². The van der Waals surface area contributed by atoms with E-state index in [0.29, 0.717) is 17.5 Å². The van der Waals surface area contributed by atoms with Crippen molar-refractivity contribution in [1.82, 2.24) is 19.9 Å². The number of hydrogen-bond donors (Lipinski definition) is 3. The number of carbonyl (C=O) groups is 1. The van der Waals surface area contributed by atoms with E-state index in [1.54, 1.807) is 25.4 Å². The first kappa shape index (κ1) is 29.1. The molecule has 1 aliphatic heterocycles. The van der Waals surface area contributed by atoms with Gasteiger partial charge in [0.25, 0.3) is 10.1 Å². The Morgan fingerprint density at radius 2 is 1.77 bits per heavy atom. The summed E-state index contributed by atoms with van der Waals surface area (Å²) >= 11 is 0. The minimum Gasteiger partial charge on any atom is -0.396 e. The number of rotatable bonds is 6. The van der Waals surface area contributed by atoms with Crippen LogP contribution in [-0.2, 0) is 10.1 Å². The Morgan fingerprint density at radius 1 is 1.07 bits per heavy atom. The summed E-state index contributed by atoms with van der Waals surface area (Å²) in [5.41, 5.74) is 6.69. The van der Waals surface area contributed by atoms with Crippen LogP contribution in [-0.4, -0.2) is 77.6 Å². The second-order valence-electron chi connectivity index (χ2n) is 9.46. The number of nitrogen functional groups attached to an aromatic ring is 1. The Bertz CT molecular complexity index is 1620. The molecule has 0 spiro atoms. The van der Waals surface area contributed by atoms with E-state index in [-0.39, 0.29) is 17.0 Å². The van der Waals surface area contributed by atoms with Gasteiger partial charge < -0.3 is 20.5 Å². The maximum absolute atomic E-state index is 14.4. The number of ketones is 1. The molecule has 0 atom stereocenters. The fourth-order valence-corrected chi connectivity index (χ4v) is 4.81. The topological polar surface area (TPSA) is 146 Å². The summed E-state index contributed by atoms with van der Waals surface area (Å²) in [6, 6.07) is 7.76. The van der Waals surface area contributed by atoms with Crippen LogP contribution in [0.3, 0.4) is 0 Å². The average molecular weight is 573 g/mol. The number of fused-ring (bicyclic) bond motifs is 1. The molecule has 1 saturated heterocycles. The van der Waals surface area contributed by atoms with E-state index >= 15 is 0 Å². The van der Waals surface area contributed by atoms with Crippen LogP contribution in [0.15, 0.2) is 48.9 Å². The molecule has 13 heteroatoms. The zero-order chi connectivity index (χ0) is 29.0. The number of halogens is 2. The van der Waals surface area contributed by atoms with E-state index in [2.05, 4.69) is 31.8 Å². The van der Waals surface area contributed by atoms with E-state index in [0.717, 1.165) is 55.3 Å². The van der Waals surface area contributed by atoms with Gasteiger partial charge in [0.05, 0.1) is 17.0 Å². The van der Waals surface area contributed by atoms with Gasteiger partial charge in [0.15, 0.2) is 5.82 Å². The fourth-order valence-electron chi connectivity index (χ4n) is 4.30. The summed E-state index contributed by atoms with van der Waals surface area (Å²) in [6.07, 6.45) is 5.31. The molecular formula is C27H30F2N6O4S. The summed E-state index contributed by atoms with van der Waals surface area (Å²) in [5, 5.41) is 0.460. The number of pyridine rings is 2. The third-order valence-corrected chi connectivity index (χ3v) is 7.42. The number of aromatic amines is 1. The number of aromatic nitrogens is 3. The lowest BCUT2D eigenvalue weighted by atomic mass is 10.00. The van der Waals surface area contributed by atoms with Crippen molar-refractivity contribution in [1.29, 1.82) is 0 Å². The van der Waals surface area contributed by atoms with Crippen molar-refractivity contribution in [3.05, 3.63) is 71.7 Å². The Kier molecular flexibility index (Phi) is 8.76. The number of nitrogens with two attached hydrogens (primary N) is 1. The molecule has 4 heterocycles. The normalized spacial score (nSPS) is 14.2. The number of anilines is 2. The molecule has 3 aromatic heterocycles. The summed E-state index contributed by atoms with van der Waals surface area (Å²) in [7, 11) is -1.57. The Balaban J connectivity index is 0.000000470. The van der Waals surface area contributed by atoms with Crippen LogP contribution < -0.4 is 10.6 Å². The van der Waals surface area contributed by atoms with Crippen molar-refractivity contribution in [2.24, 2.45) is 0 Å². The molecule has 0 amide bonds. The molecule has 212 valence electrons. The predicted molar refractivity (Wildman–Crippen MR) is 150 cm³/mol. The van der Waals surface area contributed by atoms with E-state index in [1.165, 1.54) is 6.20 Å². The minimum absolute atomic E-state index is 0.116. The number of nitrogens with one attached hydrogen (secondary N) is 1. The number of hydrogen-bond acceptors (Lipinski definition) is 8. The second-order valence-corrected chi connectivity index (χ2v) is 11.0. The standard InChI is InChI=1S/C24H22F2N6O.C3H8O3S/c1-31-6-8-32(9-7-31)20-5-2-14(11-28-20)15-10-16-17(13-30-24(16)29-12-15)23(33)21-18(25)3-4-19(27)22(21)26;1-2-3-7(4,5)6/h2-5,10-13H,6-9,27H2,1H3,(H,29,30);2-3H2,1H3,(H,4,5,6). The van der Waals surface area contributed by atoms with Gasteiger partial charge in [0.1, 0.15) is 17.3 Å². The van der Waals surface area contributed by atoms with Crippen LogP contribution >= 0.6 is 0 Å². The molecule has 5 rings (SSSR count). The van der Waals surface area contributed by atoms with Gasteiger partial charge in [-0.25, -0.2) is 18.7 Å². The molecule has 10 nitrogen and oxygen atoms in total. The number of likely N-dealkylation sites (N-methyl/N-ethyl adjacent to an activating group) is 1. The summed E-state index contributed by atoms with van der Waals surface area (Å²) in [4.78, 5) is 29.4. The molecule has 1 fully saturated rings. The highest BCUT2D eigenvalue weighted by molar-refractivity contribution is 7.85. The van der Waals surface area contributed by atoms with Crippen molar-refractivity contribution in [2.75, 3.05) is 49.6 Å². The summed E-state index contributed by atoms with van der Waals surface area (Å²) in [6.45, 7) is 5.50. The van der Waals surface area contributed by atoms with Gasteiger partial charge in [-0.2, -0.15) is 8.42 Å². The van der Waals surface area contributed by atoms with Crippen LogP contribution in [0.5, 0.6) is 0 Å². The SMILES string of the molecule is CCCS(=O)(=O)O.CN1CCN(c2ccc(-c3cnc4[nH]cc(C(=O)c5c(F)ccc(N)c5F)c4c3)cn2)CC1. The molecule has 0 unspecified atom stereocenters. The quantitative estimate of drug-likeness (QED) is 0.179. The lowest BCUT2D eigenvalue weighted by Crippen LogP contribution is -2.44. The minimum atomic E-state index is -3.67. The fraction of sp³-hybridized carbons (Fsp3) is 0.296. The Morgan fingerprint density at radius 3 is 2.38 bits per heavy atom. The number of H-pyrrole nitrogens is 1. The van der Waals surface area contributed by atoms with Gasteiger partial charge in [0.2, 0.25) is 5.78 Å². The van der Waals surface area contributed by atoms with Gasteiger partial charge in [0, 0.05) is 66.8 Å². The second kappa shape index (κ2) is 12.1. The Hall–Kier alpha value is -3.94. The van der Waals surface area contributed by atoms with Crippen LogP contribution in [0.1, 0.15) is 29.3 Å². The predicted octanol–water partition coefficient (Wildman–Crippen LogP) is 3.75. The van der Waals surface area contributed by atoms with E-state index in [9.17, 15) is 22.0 Å². The van der Waals surface area contributed by atoms with Crippen LogP contribution in [0.4, 0.5) is 20.3 Å². The highest BCUT2D eigenvalue weighted by Crippen LogP contribution is 2.29. The molecule has 0 saturated carbocycles. The molecule has 0 radical (unpaired) electrons. The smallest absolute Gasteiger partial charge is 0.264 e. The largest absolute Gasteiger partial charge is 0.396 e. The molecule has 1 aromatic carbocycles.